The predicted octanol–water partition coefficient (Wildman–Crippen LogP) is 1.29. The number of aromatic nitrogens is 1. The molecule has 0 aliphatic heterocycles. The molecule has 0 fully saturated rings. The van der Waals surface area contributed by atoms with E-state index < -0.39 is 5.97 Å². The molecule has 1 amide bonds. The first-order valence-corrected chi connectivity index (χ1v) is 5.73. The first kappa shape index (κ1) is 12.6. The van der Waals surface area contributed by atoms with E-state index in [0.717, 1.165) is 5.01 Å². The largest absolute Gasteiger partial charge is 0.481 e. The molecule has 2 N–H and O–H groups in total. The maximum Gasteiger partial charge on any atom is 0.303 e. The molecule has 0 aliphatic rings. The van der Waals surface area contributed by atoms with E-state index in [-0.39, 0.29) is 18.2 Å². The summed E-state index contributed by atoms with van der Waals surface area (Å²) in [5.74, 6) is -1.12. The fraction of sp³-hybridized carbons (Fsp3) is 0.500. The summed E-state index contributed by atoms with van der Waals surface area (Å²) in [6, 6.07) is 0. The maximum atomic E-state index is 11.6. The van der Waals surface area contributed by atoms with Crippen LogP contribution in [0.2, 0.25) is 0 Å². The van der Waals surface area contributed by atoms with Crippen LogP contribution in [0.1, 0.15) is 28.0 Å². The number of nitrogens with zero attached hydrogens (tertiary/aromatic N) is 1. The molecular weight excluding hydrogens is 228 g/mol. The van der Waals surface area contributed by atoms with Crippen LogP contribution in [0, 0.1) is 12.8 Å². The summed E-state index contributed by atoms with van der Waals surface area (Å²) in [6.07, 6.45) is 1.58. The van der Waals surface area contributed by atoms with Crippen molar-refractivity contribution in [1.82, 2.24) is 10.3 Å². The minimum Gasteiger partial charge on any atom is -0.481 e. The molecule has 0 aliphatic carbocycles. The number of rotatable bonds is 5. The molecule has 1 aromatic rings. The van der Waals surface area contributed by atoms with Crippen LogP contribution >= 0.6 is 11.3 Å². The van der Waals surface area contributed by atoms with Crippen molar-refractivity contribution in [3.8, 4) is 0 Å². The summed E-state index contributed by atoms with van der Waals surface area (Å²) < 4.78 is 0. The smallest absolute Gasteiger partial charge is 0.303 e. The Balaban J connectivity index is 2.38. The Morgan fingerprint density at radius 2 is 2.31 bits per heavy atom. The number of carbonyl (C=O) groups is 2. The van der Waals surface area contributed by atoms with Gasteiger partial charge in [0.05, 0.1) is 11.2 Å². The van der Waals surface area contributed by atoms with E-state index in [1.165, 1.54) is 17.5 Å². The van der Waals surface area contributed by atoms with Crippen molar-refractivity contribution in [2.45, 2.75) is 20.3 Å². The van der Waals surface area contributed by atoms with Crippen molar-refractivity contribution in [3.63, 3.8) is 0 Å². The van der Waals surface area contributed by atoms with E-state index in [0.29, 0.717) is 11.4 Å². The molecule has 0 spiro atoms. The second-order valence-corrected chi connectivity index (χ2v) is 4.89. The molecule has 16 heavy (non-hydrogen) atoms. The quantitative estimate of drug-likeness (QED) is 0.815. The van der Waals surface area contributed by atoms with E-state index in [2.05, 4.69) is 10.3 Å². The van der Waals surface area contributed by atoms with Crippen LogP contribution in [0.4, 0.5) is 0 Å². The molecule has 6 heteroatoms. The Hall–Kier alpha value is -1.43. The molecule has 1 heterocycles. The third-order valence-corrected chi connectivity index (χ3v) is 2.89. The van der Waals surface area contributed by atoms with Crippen LogP contribution in [-0.4, -0.2) is 28.5 Å². The molecule has 0 saturated heterocycles. The number of nitrogens with one attached hydrogen (secondary N) is 1. The third kappa shape index (κ3) is 3.98. The lowest BCUT2D eigenvalue weighted by Crippen LogP contribution is -2.28. The van der Waals surface area contributed by atoms with Crippen LogP contribution in [0.25, 0.3) is 0 Å². The van der Waals surface area contributed by atoms with E-state index in [4.69, 9.17) is 5.11 Å². The highest BCUT2D eigenvalue weighted by Crippen LogP contribution is 2.11. The van der Waals surface area contributed by atoms with Crippen LogP contribution in [0.3, 0.4) is 0 Å². The summed E-state index contributed by atoms with van der Waals surface area (Å²) >= 11 is 1.32. The number of carboxylic acids is 1. The van der Waals surface area contributed by atoms with Gasteiger partial charge in [-0.05, 0) is 12.8 Å². The molecule has 1 aromatic heterocycles. The summed E-state index contributed by atoms with van der Waals surface area (Å²) in [5.41, 5.74) is 0. The van der Waals surface area contributed by atoms with Gasteiger partial charge in [-0.25, -0.2) is 4.98 Å². The molecule has 0 aromatic carbocycles. The van der Waals surface area contributed by atoms with E-state index in [1.807, 2.05) is 6.92 Å². The number of aliphatic carboxylic acids is 1. The van der Waals surface area contributed by atoms with Gasteiger partial charge >= 0.3 is 5.97 Å². The second kappa shape index (κ2) is 5.60. The summed E-state index contributed by atoms with van der Waals surface area (Å²) in [4.78, 5) is 26.5. The molecule has 0 saturated carbocycles. The van der Waals surface area contributed by atoms with Gasteiger partial charge in [-0.1, -0.05) is 6.92 Å². The topological polar surface area (TPSA) is 79.3 Å². The number of aryl methyl sites for hydroxylation is 1. The van der Waals surface area contributed by atoms with Crippen molar-refractivity contribution in [2.75, 3.05) is 6.54 Å². The Morgan fingerprint density at radius 3 is 2.81 bits per heavy atom. The Morgan fingerprint density at radius 1 is 1.62 bits per heavy atom. The van der Waals surface area contributed by atoms with Crippen LogP contribution < -0.4 is 5.32 Å². The standard InChI is InChI=1S/C10H14N2O3S/c1-6(3-9(13)14)4-12-10(15)8-5-11-7(2)16-8/h5-6H,3-4H2,1-2H3,(H,12,15)(H,13,14). The number of thiazole rings is 1. The lowest BCUT2D eigenvalue weighted by atomic mass is 10.1. The van der Waals surface area contributed by atoms with Gasteiger partial charge in [-0.15, -0.1) is 11.3 Å². The van der Waals surface area contributed by atoms with Gasteiger partial charge in [-0.2, -0.15) is 0 Å². The van der Waals surface area contributed by atoms with Gasteiger partial charge in [0.25, 0.3) is 5.91 Å². The van der Waals surface area contributed by atoms with Gasteiger partial charge in [0, 0.05) is 13.0 Å². The van der Waals surface area contributed by atoms with Crippen molar-refractivity contribution in [2.24, 2.45) is 5.92 Å². The van der Waals surface area contributed by atoms with Gasteiger partial charge < -0.3 is 10.4 Å². The highest BCUT2D eigenvalue weighted by atomic mass is 32.1. The van der Waals surface area contributed by atoms with Gasteiger partial charge in [-0.3, -0.25) is 9.59 Å². The average molecular weight is 242 g/mol. The highest BCUT2D eigenvalue weighted by molar-refractivity contribution is 7.13. The van der Waals surface area contributed by atoms with Gasteiger partial charge in [0.15, 0.2) is 0 Å². The zero-order valence-electron chi connectivity index (χ0n) is 9.19. The summed E-state index contributed by atoms with van der Waals surface area (Å²) in [5, 5.41) is 12.1. The summed E-state index contributed by atoms with van der Waals surface area (Å²) in [7, 11) is 0. The zero-order chi connectivity index (χ0) is 12.1. The number of carbonyl (C=O) groups excluding carboxylic acids is 1. The fourth-order valence-corrected chi connectivity index (χ4v) is 1.88. The number of amides is 1. The molecule has 1 atom stereocenters. The number of carboxylic acid groups (broad SMARTS) is 1. The Labute approximate surface area is 97.5 Å². The van der Waals surface area contributed by atoms with Gasteiger partial charge in [0.1, 0.15) is 4.88 Å². The van der Waals surface area contributed by atoms with E-state index in [1.54, 1.807) is 6.92 Å². The fourth-order valence-electron chi connectivity index (χ4n) is 1.19. The van der Waals surface area contributed by atoms with Crippen LogP contribution in [0.5, 0.6) is 0 Å². The molecule has 88 valence electrons. The lowest BCUT2D eigenvalue weighted by Gasteiger charge is -2.08. The number of hydrogen-bond donors (Lipinski definition) is 2. The Bertz CT molecular complexity index is 389. The van der Waals surface area contributed by atoms with Crippen LogP contribution in [-0.2, 0) is 4.79 Å². The highest BCUT2D eigenvalue weighted by Gasteiger charge is 2.12. The molecule has 0 bridgehead atoms. The molecule has 5 nitrogen and oxygen atoms in total. The maximum absolute atomic E-state index is 11.6. The number of hydrogen-bond acceptors (Lipinski definition) is 4. The first-order chi connectivity index (χ1) is 7.49. The van der Waals surface area contributed by atoms with Crippen molar-refractivity contribution >= 4 is 23.2 Å². The van der Waals surface area contributed by atoms with Gasteiger partial charge in [0.2, 0.25) is 0 Å². The normalized spacial score (nSPS) is 12.1. The minimum atomic E-state index is -0.851. The average Bonchev–Trinajstić information content (AvgIpc) is 2.60. The van der Waals surface area contributed by atoms with E-state index >= 15 is 0 Å². The first-order valence-electron chi connectivity index (χ1n) is 4.91. The monoisotopic (exact) mass is 242 g/mol. The Kier molecular flexibility index (Phi) is 4.42. The van der Waals surface area contributed by atoms with Crippen molar-refractivity contribution in [3.05, 3.63) is 16.1 Å². The molecule has 1 unspecified atom stereocenters. The molecule has 1 rings (SSSR count). The molecule has 0 radical (unpaired) electrons. The van der Waals surface area contributed by atoms with E-state index in [9.17, 15) is 9.59 Å². The predicted molar refractivity (Wildman–Crippen MR) is 60.6 cm³/mol. The minimum absolute atomic E-state index is 0.0575. The summed E-state index contributed by atoms with van der Waals surface area (Å²) in [6.45, 7) is 3.98. The van der Waals surface area contributed by atoms with Crippen LogP contribution in [0.15, 0.2) is 6.20 Å². The van der Waals surface area contributed by atoms with Crippen molar-refractivity contribution in [1.29, 1.82) is 0 Å². The lowest BCUT2D eigenvalue weighted by molar-refractivity contribution is -0.137. The zero-order valence-corrected chi connectivity index (χ0v) is 10.0. The SMILES string of the molecule is Cc1ncc(C(=O)NCC(C)CC(=O)O)s1. The third-order valence-electron chi connectivity index (χ3n) is 1.98. The van der Waals surface area contributed by atoms with Crippen molar-refractivity contribution < 1.29 is 14.7 Å². The second-order valence-electron chi connectivity index (χ2n) is 3.66. The molecular formula is C10H14N2O3S.